The van der Waals surface area contributed by atoms with E-state index in [1.54, 1.807) is 19.9 Å². The first kappa shape index (κ1) is 12.3. The van der Waals surface area contributed by atoms with Crippen LogP contribution in [0.5, 0.6) is 0 Å². The highest BCUT2D eigenvalue weighted by molar-refractivity contribution is 7.19. The lowest BCUT2D eigenvalue weighted by Gasteiger charge is -2.13. The molecule has 0 aliphatic heterocycles. The molecule has 1 aromatic carbocycles. The highest BCUT2D eigenvalue weighted by atomic mass is 32.1. The standard InChI is InChI=1S/C14H14N2O2S/c1-14(2,17)7-12-15-10-8-16(18)11-6-4-3-5-9(11)13(10)19-12/h3-6,8,17H,7H2,1-2H3. The lowest BCUT2D eigenvalue weighted by Crippen LogP contribution is -2.26. The van der Waals surface area contributed by atoms with Crippen molar-refractivity contribution in [3.8, 4) is 0 Å². The largest absolute Gasteiger partial charge is 0.618 e. The molecular weight excluding hydrogens is 260 g/mol. The summed E-state index contributed by atoms with van der Waals surface area (Å²) in [6, 6.07) is 7.49. The Hall–Kier alpha value is -1.72. The van der Waals surface area contributed by atoms with Crippen molar-refractivity contribution < 1.29 is 9.84 Å². The number of benzene rings is 1. The number of hydrogen-bond donors (Lipinski definition) is 1. The zero-order valence-corrected chi connectivity index (χ0v) is 11.6. The molecule has 0 saturated heterocycles. The van der Waals surface area contributed by atoms with Crippen LogP contribution < -0.4 is 4.73 Å². The minimum Gasteiger partial charge on any atom is -0.618 e. The van der Waals surface area contributed by atoms with E-state index < -0.39 is 5.60 Å². The summed E-state index contributed by atoms with van der Waals surface area (Å²) in [7, 11) is 0. The molecule has 0 radical (unpaired) electrons. The molecule has 0 saturated carbocycles. The van der Waals surface area contributed by atoms with Gasteiger partial charge in [-0.15, -0.1) is 11.3 Å². The van der Waals surface area contributed by atoms with E-state index in [1.807, 2.05) is 18.2 Å². The van der Waals surface area contributed by atoms with E-state index in [1.165, 1.54) is 17.5 Å². The molecule has 2 heterocycles. The second kappa shape index (κ2) is 4.15. The van der Waals surface area contributed by atoms with Gasteiger partial charge in [-0.05, 0) is 19.9 Å². The van der Waals surface area contributed by atoms with E-state index in [4.69, 9.17) is 0 Å². The molecule has 0 bridgehead atoms. The molecule has 5 heteroatoms. The predicted molar refractivity (Wildman–Crippen MR) is 76.1 cm³/mol. The van der Waals surface area contributed by atoms with Gasteiger partial charge in [-0.3, -0.25) is 0 Å². The Bertz CT molecular complexity index is 759. The summed E-state index contributed by atoms with van der Waals surface area (Å²) in [5.41, 5.74) is 0.545. The van der Waals surface area contributed by atoms with Crippen LogP contribution in [0.2, 0.25) is 0 Å². The van der Waals surface area contributed by atoms with Crippen molar-refractivity contribution >= 4 is 32.5 Å². The molecule has 3 rings (SSSR count). The summed E-state index contributed by atoms with van der Waals surface area (Å²) in [6.07, 6.45) is 1.99. The number of nitrogens with zero attached hydrogens (tertiary/aromatic N) is 2. The van der Waals surface area contributed by atoms with E-state index in [-0.39, 0.29) is 0 Å². The van der Waals surface area contributed by atoms with Crippen molar-refractivity contribution in [1.82, 2.24) is 4.98 Å². The molecule has 1 N–H and O–H groups in total. The molecule has 0 unspecified atom stereocenters. The smallest absolute Gasteiger partial charge is 0.225 e. The second-order valence-electron chi connectivity index (χ2n) is 5.28. The van der Waals surface area contributed by atoms with Crippen LogP contribution in [-0.4, -0.2) is 15.7 Å². The number of fused-ring (bicyclic) bond motifs is 3. The molecule has 0 aliphatic carbocycles. The number of aromatic nitrogens is 2. The van der Waals surface area contributed by atoms with Gasteiger partial charge < -0.3 is 10.3 Å². The average Bonchev–Trinajstić information content (AvgIpc) is 2.69. The maximum Gasteiger partial charge on any atom is 0.225 e. The first-order valence-electron chi connectivity index (χ1n) is 6.07. The summed E-state index contributed by atoms with van der Waals surface area (Å²) >= 11 is 1.54. The minimum absolute atomic E-state index is 0.486. The van der Waals surface area contributed by atoms with Gasteiger partial charge in [0.1, 0.15) is 5.52 Å². The molecule has 0 spiro atoms. The molecule has 0 fully saturated rings. The first-order chi connectivity index (χ1) is 8.94. The number of pyridine rings is 1. The fourth-order valence-corrected chi connectivity index (χ4v) is 3.43. The normalized spacial score (nSPS) is 12.4. The SMILES string of the molecule is CC(C)(O)Cc1nc2c[n+]([O-])c3ccccc3c2s1. The monoisotopic (exact) mass is 274 g/mol. The van der Waals surface area contributed by atoms with Crippen molar-refractivity contribution in [3.63, 3.8) is 0 Å². The maximum atomic E-state index is 11.9. The lowest BCUT2D eigenvalue weighted by molar-refractivity contribution is -0.575. The second-order valence-corrected chi connectivity index (χ2v) is 6.37. The number of thiazole rings is 1. The van der Waals surface area contributed by atoms with Gasteiger partial charge in [-0.25, -0.2) is 4.98 Å². The van der Waals surface area contributed by atoms with Crippen molar-refractivity contribution in [2.45, 2.75) is 25.9 Å². The fourth-order valence-electron chi connectivity index (χ4n) is 2.14. The minimum atomic E-state index is -0.795. The highest BCUT2D eigenvalue weighted by Gasteiger charge is 2.19. The predicted octanol–water partition coefficient (Wildman–Crippen LogP) is 2.40. The Balaban J connectivity index is 2.25. The van der Waals surface area contributed by atoms with Crippen LogP contribution in [0.1, 0.15) is 18.9 Å². The van der Waals surface area contributed by atoms with Crippen molar-refractivity contribution in [2.24, 2.45) is 0 Å². The van der Waals surface area contributed by atoms with Gasteiger partial charge in [0.15, 0.2) is 0 Å². The molecule has 0 atom stereocenters. The average molecular weight is 274 g/mol. The Morgan fingerprint density at radius 2 is 2.11 bits per heavy atom. The van der Waals surface area contributed by atoms with Gasteiger partial charge in [-0.1, -0.05) is 12.1 Å². The molecule has 2 aromatic heterocycles. The van der Waals surface area contributed by atoms with Crippen molar-refractivity contribution in [3.05, 3.63) is 40.7 Å². The number of para-hydroxylation sites is 1. The quantitative estimate of drug-likeness (QED) is 0.576. The van der Waals surface area contributed by atoms with Crippen LogP contribution in [0.15, 0.2) is 30.5 Å². The Labute approximate surface area is 114 Å². The van der Waals surface area contributed by atoms with Crippen LogP contribution in [-0.2, 0) is 6.42 Å². The topological polar surface area (TPSA) is 60.1 Å². The molecule has 19 heavy (non-hydrogen) atoms. The van der Waals surface area contributed by atoms with Crippen LogP contribution in [0.4, 0.5) is 0 Å². The summed E-state index contributed by atoms with van der Waals surface area (Å²) in [4.78, 5) is 4.45. The van der Waals surface area contributed by atoms with Crippen molar-refractivity contribution in [2.75, 3.05) is 0 Å². The lowest BCUT2D eigenvalue weighted by atomic mass is 10.1. The molecule has 3 aromatic rings. The first-order valence-corrected chi connectivity index (χ1v) is 6.88. The summed E-state index contributed by atoms with van der Waals surface area (Å²) < 4.78 is 1.85. The summed E-state index contributed by atoms with van der Waals surface area (Å²) in [6.45, 7) is 3.51. The van der Waals surface area contributed by atoms with Gasteiger partial charge in [-0.2, -0.15) is 4.73 Å². The zero-order chi connectivity index (χ0) is 13.6. The van der Waals surface area contributed by atoms with E-state index in [2.05, 4.69) is 4.98 Å². The van der Waals surface area contributed by atoms with Gasteiger partial charge >= 0.3 is 0 Å². The van der Waals surface area contributed by atoms with Gasteiger partial charge in [0.2, 0.25) is 11.7 Å². The van der Waals surface area contributed by atoms with E-state index in [9.17, 15) is 10.3 Å². The van der Waals surface area contributed by atoms with Gasteiger partial charge in [0.05, 0.1) is 20.7 Å². The van der Waals surface area contributed by atoms with Gasteiger partial charge in [0, 0.05) is 12.5 Å². The van der Waals surface area contributed by atoms with E-state index in [0.29, 0.717) is 17.5 Å². The summed E-state index contributed by atoms with van der Waals surface area (Å²) in [5.74, 6) is 0. The van der Waals surface area contributed by atoms with E-state index >= 15 is 0 Å². The third-order valence-electron chi connectivity index (χ3n) is 2.91. The summed E-state index contributed by atoms with van der Waals surface area (Å²) in [5, 5.41) is 23.5. The number of aliphatic hydroxyl groups is 1. The number of rotatable bonds is 2. The molecule has 98 valence electrons. The third-order valence-corrected chi connectivity index (χ3v) is 4.01. The molecular formula is C14H14N2O2S. The van der Waals surface area contributed by atoms with Crippen molar-refractivity contribution in [1.29, 1.82) is 0 Å². The Morgan fingerprint density at radius 1 is 1.37 bits per heavy atom. The fraction of sp³-hybridized carbons (Fsp3) is 0.286. The third kappa shape index (κ3) is 2.27. The Morgan fingerprint density at radius 3 is 2.84 bits per heavy atom. The molecule has 0 aliphatic rings. The molecule has 0 amide bonds. The van der Waals surface area contributed by atoms with E-state index in [0.717, 1.165) is 19.8 Å². The highest BCUT2D eigenvalue weighted by Crippen LogP contribution is 2.29. The van der Waals surface area contributed by atoms with Gasteiger partial charge in [0.25, 0.3) is 0 Å². The van der Waals surface area contributed by atoms with Crippen LogP contribution in [0.3, 0.4) is 0 Å². The Kier molecular flexibility index (Phi) is 2.69. The van der Waals surface area contributed by atoms with Crippen LogP contribution in [0.25, 0.3) is 21.1 Å². The van der Waals surface area contributed by atoms with Crippen LogP contribution in [0, 0.1) is 5.21 Å². The molecule has 4 nitrogen and oxygen atoms in total. The van der Waals surface area contributed by atoms with Crippen LogP contribution >= 0.6 is 11.3 Å². The number of hydrogen-bond acceptors (Lipinski definition) is 4. The maximum absolute atomic E-state index is 11.9. The zero-order valence-electron chi connectivity index (χ0n) is 10.8.